The molecule has 0 amide bonds. The quantitative estimate of drug-likeness (QED) is 0.746. The van der Waals surface area contributed by atoms with E-state index in [2.05, 4.69) is 4.98 Å². The molecule has 0 aliphatic heterocycles. The third-order valence-corrected chi connectivity index (χ3v) is 2.79. The highest BCUT2D eigenvalue weighted by Crippen LogP contribution is 2.26. The number of aromatic nitrogens is 1. The summed E-state index contributed by atoms with van der Waals surface area (Å²) in [6.07, 6.45) is 4.35. The van der Waals surface area contributed by atoms with E-state index in [9.17, 15) is 13.2 Å². The predicted octanol–water partition coefficient (Wildman–Crippen LogP) is 3.07. The van der Waals surface area contributed by atoms with Crippen molar-refractivity contribution in [1.82, 2.24) is 4.98 Å². The molecule has 1 aromatic heterocycles. The van der Waals surface area contributed by atoms with Gasteiger partial charge < -0.3 is 4.74 Å². The van der Waals surface area contributed by atoms with Crippen molar-refractivity contribution in [2.45, 2.75) is 25.7 Å². The van der Waals surface area contributed by atoms with Gasteiger partial charge in [-0.3, -0.25) is 0 Å². The van der Waals surface area contributed by atoms with Crippen molar-refractivity contribution in [1.29, 1.82) is 0 Å². The smallest absolute Gasteiger partial charge is 0.253 e. The van der Waals surface area contributed by atoms with Gasteiger partial charge in [-0.05, 0) is 18.8 Å². The van der Waals surface area contributed by atoms with Crippen molar-refractivity contribution in [2.75, 3.05) is 6.61 Å². The molecule has 5 heteroatoms. The number of halogens is 3. The highest BCUT2D eigenvalue weighted by Gasteiger charge is 2.18. The van der Waals surface area contributed by atoms with Crippen LogP contribution in [0.4, 0.5) is 13.2 Å². The molecule has 0 saturated heterocycles. The number of ether oxygens (including phenoxy) is 1. The lowest BCUT2D eigenvalue weighted by Crippen LogP contribution is -2.11. The molecule has 1 aromatic rings. The van der Waals surface area contributed by atoms with Crippen molar-refractivity contribution in [3.05, 3.63) is 23.6 Å². The van der Waals surface area contributed by atoms with Gasteiger partial charge in [0.25, 0.3) is 11.8 Å². The Bertz CT molecular complexity index is 378. The summed E-state index contributed by atoms with van der Waals surface area (Å²) in [7, 11) is 0. The summed E-state index contributed by atoms with van der Waals surface area (Å²) in [5.41, 5.74) is 0. The Morgan fingerprint density at radius 1 is 1.19 bits per heavy atom. The number of pyridine rings is 1. The van der Waals surface area contributed by atoms with E-state index in [4.69, 9.17) is 4.74 Å². The number of rotatable bonds is 3. The molecule has 1 fully saturated rings. The Morgan fingerprint density at radius 2 is 1.88 bits per heavy atom. The fourth-order valence-electron chi connectivity index (χ4n) is 1.90. The first-order valence-corrected chi connectivity index (χ1v) is 5.31. The molecule has 1 aliphatic rings. The second-order valence-electron chi connectivity index (χ2n) is 4.01. The van der Waals surface area contributed by atoms with Crippen LogP contribution < -0.4 is 4.74 Å². The molecule has 88 valence electrons. The lowest BCUT2D eigenvalue weighted by Gasteiger charge is -2.10. The Morgan fingerprint density at radius 3 is 2.56 bits per heavy atom. The summed E-state index contributed by atoms with van der Waals surface area (Å²) in [5, 5.41) is 0. The summed E-state index contributed by atoms with van der Waals surface area (Å²) in [6, 6.07) is 0.451. The van der Waals surface area contributed by atoms with Gasteiger partial charge in [0, 0.05) is 6.07 Å². The molecule has 0 radical (unpaired) electrons. The normalized spacial score (nSPS) is 16.7. The van der Waals surface area contributed by atoms with E-state index >= 15 is 0 Å². The molecule has 1 heterocycles. The van der Waals surface area contributed by atoms with Crippen LogP contribution in [0.2, 0.25) is 0 Å². The maximum atomic E-state index is 13.1. The molecular weight excluding hydrogens is 219 g/mol. The first-order valence-electron chi connectivity index (χ1n) is 5.31. The van der Waals surface area contributed by atoms with Crippen LogP contribution in [0, 0.1) is 23.5 Å². The maximum Gasteiger partial charge on any atom is 0.253 e. The van der Waals surface area contributed by atoms with Crippen LogP contribution in [-0.4, -0.2) is 11.6 Å². The first kappa shape index (κ1) is 11.2. The summed E-state index contributed by atoms with van der Waals surface area (Å²) < 4.78 is 43.5. The second-order valence-corrected chi connectivity index (χ2v) is 4.01. The number of nitrogens with zero attached hydrogens (tertiary/aromatic N) is 1. The fraction of sp³-hybridized carbons (Fsp3) is 0.545. The van der Waals surface area contributed by atoms with Crippen LogP contribution in [0.15, 0.2) is 6.07 Å². The van der Waals surface area contributed by atoms with Gasteiger partial charge in [0.2, 0.25) is 0 Å². The van der Waals surface area contributed by atoms with E-state index in [1.165, 1.54) is 0 Å². The van der Waals surface area contributed by atoms with Crippen LogP contribution in [0.5, 0.6) is 5.88 Å². The third-order valence-electron chi connectivity index (χ3n) is 2.79. The Labute approximate surface area is 91.4 Å². The molecule has 1 saturated carbocycles. The molecule has 0 aromatic carbocycles. The maximum absolute atomic E-state index is 13.1. The molecular formula is C11H12F3NO. The summed E-state index contributed by atoms with van der Waals surface area (Å²) >= 11 is 0. The van der Waals surface area contributed by atoms with E-state index in [1.807, 2.05) is 0 Å². The molecule has 2 rings (SSSR count). The summed E-state index contributed by atoms with van der Waals surface area (Å²) in [6.45, 7) is 0.314. The van der Waals surface area contributed by atoms with Gasteiger partial charge in [-0.25, -0.2) is 8.78 Å². The lowest BCUT2D eigenvalue weighted by atomic mass is 10.1. The lowest BCUT2D eigenvalue weighted by molar-refractivity contribution is 0.227. The van der Waals surface area contributed by atoms with E-state index in [0.29, 0.717) is 18.6 Å². The van der Waals surface area contributed by atoms with Crippen LogP contribution in [0.3, 0.4) is 0 Å². The number of hydrogen-bond donors (Lipinski definition) is 0. The average molecular weight is 231 g/mol. The molecule has 0 spiro atoms. The van der Waals surface area contributed by atoms with Crippen molar-refractivity contribution in [3.8, 4) is 5.88 Å². The van der Waals surface area contributed by atoms with Crippen molar-refractivity contribution >= 4 is 0 Å². The molecule has 0 unspecified atom stereocenters. The second kappa shape index (κ2) is 4.72. The fourth-order valence-corrected chi connectivity index (χ4v) is 1.90. The largest absolute Gasteiger partial charge is 0.475 e. The van der Waals surface area contributed by atoms with Gasteiger partial charge in [-0.1, -0.05) is 12.8 Å². The van der Waals surface area contributed by atoms with E-state index in [0.717, 1.165) is 25.7 Å². The highest BCUT2D eigenvalue weighted by molar-refractivity contribution is 5.15. The summed E-state index contributed by atoms with van der Waals surface area (Å²) in [5.74, 6) is -3.68. The zero-order valence-electron chi connectivity index (χ0n) is 8.68. The molecule has 1 aliphatic carbocycles. The standard InChI is InChI=1S/C11H12F3NO/c12-8-5-9(13)11(15-10(8)14)16-6-7-3-1-2-4-7/h5,7H,1-4,6H2. The van der Waals surface area contributed by atoms with Crippen LogP contribution in [0.1, 0.15) is 25.7 Å². The van der Waals surface area contributed by atoms with Gasteiger partial charge in [0.15, 0.2) is 11.6 Å². The van der Waals surface area contributed by atoms with Gasteiger partial charge in [0.05, 0.1) is 6.61 Å². The topological polar surface area (TPSA) is 22.1 Å². The molecule has 0 atom stereocenters. The van der Waals surface area contributed by atoms with Crippen LogP contribution >= 0.6 is 0 Å². The van der Waals surface area contributed by atoms with Gasteiger partial charge in [-0.15, -0.1) is 0 Å². The van der Waals surface area contributed by atoms with Crippen molar-refractivity contribution < 1.29 is 17.9 Å². The minimum atomic E-state index is -1.33. The zero-order valence-corrected chi connectivity index (χ0v) is 8.68. The van der Waals surface area contributed by atoms with Gasteiger partial charge >= 0.3 is 0 Å². The van der Waals surface area contributed by atoms with Crippen molar-refractivity contribution in [2.24, 2.45) is 5.92 Å². The molecule has 0 bridgehead atoms. The predicted molar refractivity (Wildman–Crippen MR) is 51.6 cm³/mol. The van der Waals surface area contributed by atoms with Gasteiger partial charge in [0.1, 0.15) is 0 Å². The molecule has 16 heavy (non-hydrogen) atoms. The summed E-state index contributed by atoms with van der Waals surface area (Å²) in [4.78, 5) is 3.09. The average Bonchev–Trinajstić information content (AvgIpc) is 2.74. The van der Waals surface area contributed by atoms with Gasteiger partial charge in [-0.2, -0.15) is 9.37 Å². The SMILES string of the molecule is Fc1cc(F)c(OCC2CCCC2)nc1F. The van der Waals surface area contributed by atoms with E-state index in [-0.39, 0.29) is 0 Å². The zero-order chi connectivity index (χ0) is 11.5. The highest BCUT2D eigenvalue weighted by atomic mass is 19.2. The third kappa shape index (κ3) is 2.46. The monoisotopic (exact) mass is 231 g/mol. The van der Waals surface area contributed by atoms with Crippen molar-refractivity contribution in [3.63, 3.8) is 0 Å². The van der Waals surface area contributed by atoms with E-state index in [1.54, 1.807) is 0 Å². The Balaban J connectivity index is 2.00. The molecule has 2 nitrogen and oxygen atoms in total. The minimum absolute atomic E-state index is 0.314. The van der Waals surface area contributed by atoms with E-state index < -0.39 is 23.5 Å². The molecule has 0 N–H and O–H groups in total. The minimum Gasteiger partial charge on any atom is -0.475 e. The Kier molecular flexibility index (Phi) is 3.31. The van der Waals surface area contributed by atoms with Crippen LogP contribution in [-0.2, 0) is 0 Å². The first-order chi connectivity index (χ1) is 7.66. The Hall–Kier alpha value is -1.26. The number of hydrogen-bond acceptors (Lipinski definition) is 2. The van der Waals surface area contributed by atoms with Crippen LogP contribution in [0.25, 0.3) is 0 Å².